The summed E-state index contributed by atoms with van der Waals surface area (Å²) in [6.07, 6.45) is 0. The molecule has 1 saturated heterocycles. The van der Waals surface area contributed by atoms with Gasteiger partial charge in [-0.2, -0.15) is 0 Å². The van der Waals surface area contributed by atoms with E-state index in [-0.39, 0.29) is 0 Å². The molecule has 1 N–H and O–H groups in total. The van der Waals surface area contributed by atoms with Gasteiger partial charge in [-0.15, -0.1) is 11.3 Å². The third-order valence-corrected chi connectivity index (χ3v) is 5.13. The van der Waals surface area contributed by atoms with Crippen molar-refractivity contribution < 1.29 is 0 Å². The Morgan fingerprint density at radius 1 is 1.53 bits per heavy atom. The van der Waals surface area contributed by atoms with Gasteiger partial charge in [0.25, 0.3) is 0 Å². The van der Waals surface area contributed by atoms with Gasteiger partial charge < -0.3 is 5.32 Å². The first kappa shape index (κ1) is 13.5. The van der Waals surface area contributed by atoms with Gasteiger partial charge in [-0.05, 0) is 40.9 Å². The highest BCUT2D eigenvalue weighted by atomic mass is 79.9. The number of hydrogen-bond acceptors (Lipinski definition) is 3. The molecule has 96 valence electrons. The van der Waals surface area contributed by atoms with Crippen LogP contribution in [0, 0.1) is 5.92 Å². The van der Waals surface area contributed by atoms with Crippen molar-refractivity contribution >= 4 is 27.3 Å². The summed E-state index contributed by atoms with van der Waals surface area (Å²) in [6.45, 7) is 10.3. The quantitative estimate of drug-likeness (QED) is 0.920. The Morgan fingerprint density at radius 3 is 2.88 bits per heavy atom. The zero-order chi connectivity index (χ0) is 12.4. The van der Waals surface area contributed by atoms with Gasteiger partial charge in [0.15, 0.2) is 0 Å². The maximum Gasteiger partial charge on any atom is 0.0701 e. The SMILES string of the molecule is CC(C)C1CN(Cc2ccc(Br)s2)C(C)CN1. The molecule has 2 heterocycles. The van der Waals surface area contributed by atoms with Crippen molar-refractivity contribution in [3.05, 3.63) is 20.8 Å². The molecule has 17 heavy (non-hydrogen) atoms. The van der Waals surface area contributed by atoms with E-state index in [4.69, 9.17) is 0 Å². The lowest BCUT2D eigenvalue weighted by Crippen LogP contribution is -2.56. The fourth-order valence-corrected chi connectivity index (χ4v) is 3.76. The fourth-order valence-electron chi connectivity index (χ4n) is 2.25. The highest BCUT2D eigenvalue weighted by molar-refractivity contribution is 9.11. The van der Waals surface area contributed by atoms with Crippen LogP contribution in [0.15, 0.2) is 15.9 Å². The van der Waals surface area contributed by atoms with Crippen molar-refractivity contribution in [2.24, 2.45) is 5.92 Å². The molecule has 1 aromatic rings. The van der Waals surface area contributed by atoms with E-state index in [1.54, 1.807) is 0 Å². The molecule has 0 amide bonds. The molecule has 2 unspecified atom stereocenters. The Bertz CT molecular complexity index is 364. The van der Waals surface area contributed by atoms with Gasteiger partial charge >= 0.3 is 0 Å². The molecule has 1 aromatic heterocycles. The lowest BCUT2D eigenvalue weighted by atomic mass is 10.00. The second kappa shape index (κ2) is 5.83. The first-order chi connectivity index (χ1) is 8.06. The second-order valence-electron chi connectivity index (χ2n) is 5.24. The minimum atomic E-state index is 0.630. The number of nitrogens with zero attached hydrogens (tertiary/aromatic N) is 1. The van der Waals surface area contributed by atoms with Crippen molar-refractivity contribution in [3.63, 3.8) is 0 Å². The van der Waals surface area contributed by atoms with E-state index in [1.165, 1.54) is 8.66 Å². The standard InChI is InChI=1S/C13H21BrN2S/c1-9(2)12-8-16(10(3)6-15-12)7-11-4-5-13(14)17-11/h4-5,9-10,12,15H,6-8H2,1-3H3. The molecule has 1 aliphatic rings. The van der Waals surface area contributed by atoms with Gasteiger partial charge in [0.2, 0.25) is 0 Å². The maximum absolute atomic E-state index is 3.64. The van der Waals surface area contributed by atoms with Crippen LogP contribution in [0.25, 0.3) is 0 Å². The van der Waals surface area contributed by atoms with Crippen LogP contribution in [0.3, 0.4) is 0 Å². The summed E-state index contributed by atoms with van der Waals surface area (Å²) < 4.78 is 1.23. The van der Waals surface area contributed by atoms with Crippen LogP contribution in [0.5, 0.6) is 0 Å². The van der Waals surface area contributed by atoms with Gasteiger partial charge in [-0.1, -0.05) is 13.8 Å². The smallest absolute Gasteiger partial charge is 0.0701 e. The largest absolute Gasteiger partial charge is 0.311 e. The van der Waals surface area contributed by atoms with Crippen molar-refractivity contribution in [3.8, 4) is 0 Å². The van der Waals surface area contributed by atoms with Gasteiger partial charge in [-0.3, -0.25) is 4.90 Å². The van der Waals surface area contributed by atoms with E-state index in [2.05, 4.69) is 59.1 Å². The number of thiophene rings is 1. The molecule has 0 radical (unpaired) electrons. The summed E-state index contributed by atoms with van der Waals surface area (Å²) in [5, 5.41) is 3.64. The highest BCUT2D eigenvalue weighted by Gasteiger charge is 2.26. The first-order valence-corrected chi connectivity index (χ1v) is 7.89. The van der Waals surface area contributed by atoms with E-state index < -0.39 is 0 Å². The molecule has 2 rings (SSSR count). The van der Waals surface area contributed by atoms with Crippen LogP contribution >= 0.6 is 27.3 Å². The number of nitrogens with one attached hydrogen (secondary N) is 1. The average Bonchev–Trinajstić information content (AvgIpc) is 2.67. The van der Waals surface area contributed by atoms with Gasteiger partial charge in [-0.25, -0.2) is 0 Å². The molecule has 0 bridgehead atoms. The Labute approximate surface area is 117 Å². The topological polar surface area (TPSA) is 15.3 Å². The second-order valence-corrected chi connectivity index (χ2v) is 7.79. The molecule has 0 aromatic carbocycles. The van der Waals surface area contributed by atoms with Crippen LogP contribution in [0.2, 0.25) is 0 Å². The van der Waals surface area contributed by atoms with Crippen LogP contribution in [-0.2, 0) is 6.54 Å². The van der Waals surface area contributed by atoms with E-state index in [0.717, 1.165) is 19.6 Å². The van der Waals surface area contributed by atoms with Crippen LogP contribution in [0.4, 0.5) is 0 Å². The number of piperazine rings is 1. The Kier molecular flexibility index (Phi) is 4.64. The van der Waals surface area contributed by atoms with Crippen molar-refractivity contribution in [1.29, 1.82) is 0 Å². The Balaban J connectivity index is 1.98. The minimum absolute atomic E-state index is 0.630. The Hall–Kier alpha value is 0.1000. The summed E-state index contributed by atoms with van der Waals surface area (Å²) in [6, 6.07) is 5.64. The lowest BCUT2D eigenvalue weighted by Gasteiger charge is -2.40. The third-order valence-electron chi connectivity index (χ3n) is 3.52. The molecule has 0 spiro atoms. The molecule has 2 nitrogen and oxygen atoms in total. The third kappa shape index (κ3) is 3.53. The predicted molar refractivity (Wildman–Crippen MR) is 78.5 cm³/mol. The van der Waals surface area contributed by atoms with Gasteiger partial charge in [0.05, 0.1) is 3.79 Å². The zero-order valence-corrected chi connectivity index (χ0v) is 13.1. The highest BCUT2D eigenvalue weighted by Crippen LogP contribution is 2.25. The molecule has 1 fully saturated rings. The van der Waals surface area contributed by atoms with Crippen molar-refractivity contribution in [2.45, 2.75) is 39.4 Å². The average molecular weight is 317 g/mol. The number of rotatable bonds is 3. The van der Waals surface area contributed by atoms with Crippen molar-refractivity contribution in [1.82, 2.24) is 10.2 Å². The van der Waals surface area contributed by atoms with E-state index in [1.807, 2.05) is 11.3 Å². The Morgan fingerprint density at radius 2 is 2.29 bits per heavy atom. The number of halogens is 1. The maximum atomic E-state index is 3.64. The summed E-state index contributed by atoms with van der Waals surface area (Å²) in [4.78, 5) is 4.05. The molecule has 0 saturated carbocycles. The van der Waals surface area contributed by atoms with E-state index in [0.29, 0.717) is 18.0 Å². The molecule has 1 aliphatic heterocycles. The monoisotopic (exact) mass is 316 g/mol. The fraction of sp³-hybridized carbons (Fsp3) is 0.692. The molecule has 0 aliphatic carbocycles. The van der Waals surface area contributed by atoms with E-state index >= 15 is 0 Å². The van der Waals surface area contributed by atoms with E-state index in [9.17, 15) is 0 Å². The lowest BCUT2D eigenvalue weighted by molar-refractivity contribution is 0.117. The van der Waals surface area contributed by atoms with Crippen LogP contribution < -0.4 is 5.32 Å². The number of hydrogen-bond donors (Lipinski definition) is 1. The molecular weight excluding hydrogens is 296 g/mol. The van der Waals surface area contributed by atoms with Crippen LogP contribution in [0.1, 0.15) is 25.6 Å². The van der Waals surface area contributed by atoms with Gasteiger partial charge in [0.1, 0.15) is 0 Å². The molecule has 2 atom stereocenters. The predicted octanol–water partition coefficient (Wildman–Crippen LogP) is 3.33. The summed E-state index contributed by atoms with van der Waals surface area (Å²) in [5.74, 6) is 0.708. The molecule has 4 heteroatoms. The van der Waals surface area contributed by atoms with Crippen LogP contribution in [-0.4, -0.2) is 30.1 Å². The normalized spacial score (nSPS) is 26.6. The van der Waals surface area contributed by atoms with Gasteiger partial charge in [0, 0.05) is 36.6 Å². The summed E-state index contributed by atoms with van der Waals surface area (Å²) in [7, 11) is 0. The minimum Gasteiger partial charge on any atom is -0.311 e. The van der Waals surface area contributed by atoms with Crippen molar-refractivity contribution in [2.75, 3.05) is 13.1 Å². The molecular formula is C13H21BrN2S. The first-order valence-electron chi connectivity index (χ1n) is 6.28. The summed E-state index contributed by atoms with van der Waals surface area (Å²) >= 11 is 5.38. The summed E-state index contributed by atoms with van der Waals surface area (Å²) in [5.41, 5.74) is 0. The zero-order valence-electron chi connectivity index (χ0n) is 10.7.